The molecule has 1 atom stereocenters. The van der Waals surface area contributed by atoms with Gasteiger partial charge in [0.05, 0.1) is 17.0 Å². The van der Waals surface area contributed by atoms with E-state index in [4.69, 9.17) is 11.1 Å². The van der Waals surface area contributed by atoms with Crippen molar-refractivity contribution in [3.8, 4) is 0 Å². The third kappa shape index (κ3) is 2.93. The molecule has 102 valence electrons. The van der Waals surface area contributed by atoms with E-state index in [-0.39, 0.29) is 11.9 Å². The maximum atomic E-state index is 7.36. The van der Waals surface area contributed by atoms with Crippen LogP contribution in [0, 0.1) is 5.41 Å². The van der Waals surface area contributed by atoms with Gasteiger partial charge >= 0.3 is 0 Å². The van der Waals surface area contributed by atoms with Crippen LogP contribution in [0.4, 0.5) is 0 Å². The first-order valence-corrected chi connectivity index (χ1v) is 6.42. The lowest BCUT2D eigenvalue weighted by Gasteiger charge is -2.23. The van der Waals surface area contributed by atoms with Crippen LogP contribution in [0.3, 0.4) is 0 Å². The van der Waals surface area contributed by atoms with Crippen LogP contribution in [0.2, 0.25) is 0 Å². The molecule has 0 bridgehead atoms. The smallest absolute Gasteiger partial charge is 0.0920 e. The Morgan fingerprint density at radius 1 is 1.47 bits per heavy atom. The minimum Gasteiger partial charge on any atom is -0.388 e. The van der Waals surface area contributed by atoms with E-state index in [0.717, 1.165) is 17.8 Å². The highest BCUT2D eigenvalue weighted by Crippen LogP contribution is 2.19. The molecule has 0 spiro atoms. The zero-order chi connectivity index (χ0) is 14.0. The fourth-order valence-electron chi connectivity index (χ4n) is 2.27. The molecule has 2 aromatic rings. The van der Waals surface area contributed by atoms with E-state index in [9.17, 15) is 0 Å². The number of fused-ring (bicyclic) bond motifs is 1. The van der Waals surface area contributed by atoms with E-state index in [1.54, 1.807) is 0 Å². The molecule has 0 amide bonds. The number of benzene rings is 1. The zero-order valence-electron chi connectivity index (χ0n) is 11.7. The van der Waals surface area contributed by atoms with E-state index < -0.39 is 0 Å². The molecule has 1 aromatic carbocycles. The Labute approximate surface area is 113 Å². The second kappa shape index (κ2) is 5.40. The zero-order valence-corrected chi connectivity index (χ0v) is 11.7. The quantitative estimate of drug-likeness (QED) is 0.634. The number of nitrogens with zero attached hydrogens (tertiary/aromatic N) is 3. The van der Waals surface area contributed by atoms with Crippen molar-refractivity contribution in [3.63, 3.8) is 0 Å². The molecule has 19 heavy (non-hydrogen) atoms. The van der Waals surface area contributed by atoms with Gasteiger partial charge in [-0.05, 0) is 20.0 Å². The second-order valence-corrected chi connectivity index (χ2v) is 5.08. The van der Waals surface area contributed by atoms with Gasteiger partial charge in [-0.25, -0.2) is 0 Å². The van der Waals surface area contributed by atoms with E-state index in [0.29, 0.717) is 6.42 Å². The number of nitrogens with one attached hydrogen (secondary N) is 1. The topological polar surface area (TPSA) is 70.9 Å². The summed E-state index contributed by atoms with van der Waals surface area (Å²) in [4.78, 5) is 2.18. The first-order valence-electron chi connectivity index (χ1n) is 6.42. The van der Waals surface area contributed by atoms with Crippen LogP contribution in [0.25, 0.3) is 10.9 Å². The van der Waals surface area contributed by atoms with Gasteiger partial charge in [-0.15, -0.1) is 0 Å². The summed E-state index contributed by atoms with van der Waals surface area (Å²) in [6.45, 7) is 2.84. The Morgan fingerprint density at radius 3 is 2.84 bits per heavy atom. The molecule has 0 aliphatic rings. The molecule has 0 fully saturated rings. The average Bonchev–Trinajstić information content (AvgIpc) is 2.66. The maximum Gasteiger partial charge on any atom is 0.0920 e. The van der Waals surface area contributed by atoms with Crippen LogP contribution in [0.5, 0.6) is 0 Å². The molecule has 1 heterocycles. The Bertz CT molecular complexity index is 587. The number of aromatic nitrogens is 2. The van der Waals surface area contributed by atoms with Crippen molar-refractivity contribution in [2.24, 2.45) is 12.8 Å². The molecular weight excluding hydrogens is 238 g/mol. The molecular formula is C14H21N5. The number of amidine groups is 1. The van der Waals surface area contributed by atoms with Crippen molar-refractivity contribution >= 4 is 16.7 Å². The average molecular weight is 259 g/mol. The fourth-order valence-corrected chi connectivity index (χ4v) is 2.27. The molecule has 0 aliphatic heterocycles. The maximum absolute atomic E-state index is 7.36. The van der Waals surface area contributed by atoms with E-state index in [1.807, 2.05) is 30.9 Å². The number of rotatable bonds is 5. The van der Waals surface area contributed by atoms with Gasteiger partial charge in [0.15, 0.2) is 0 Å². The van der Waals surface area contributed by atoms with E-state index in [2.05, 4.69) is 29.1 Å². The third-order valence-corrected chi connectivity index (χ3v) is 3.50. The summed E-state index contributed by atoms with van der Waals surface area (Å²) in [6, 6.07) is 8.47. The first-order chi connectivity index (χ1) is 8.99. The van der Waals surface area contributed by atoms with Crippen molar-refractivity contribution in [3.05, 3.63) is 30.0 Å². The number of aryl methyl sites for hydroxylation is 1. The van der Waals surface area contributed by atoms with E-state index >= 15 is 0 Å². The van der Waals surface area contributed by atoms with Crippen LogP contribution in [-0.2, 0) is 13.6 Å². The Morgan fingerprint density at radius 2 is 2.16 bits per heavy atom. The molecule has 0 radical (unpaired) electrons. The molecule has 0 saturated carbocycles. The van der Waals surface area contributed by atoms with Crippen LogP contribution < -0.4 is 5.73 Å². The van der Waals surface area contributed by atoms with Crippen LogP contribution in [0.15, 0.2) is 24.3 Å². The van der Waals surface area contributed by atoms with Gasteiger partial charge in [0.2, 0.25) is 0 Å². The van der Waals surface area contributed by atoms with Gasteiger partial charge in [-0.1, -0.05) is 18.2 Å². The third-order valence-electron chi connectivity index (χ3n) is 3.50. The summed E-state index contributed by atoms with van der Waals surface area (Å²) in [6.07, 6.45) is 0.585. The second-order valence-electron chi connectivity index (χ2n) is 5.08. The van der Waals surface area contributed by atoms with E-state index in [1.165, 1.54) is 5.39 Å². The Balaban J connectivity index is 2.19. The van der Waals surface area contributed by atoms with Crippen molar-refractivity contribution < 1.29 is 0 Å². The van der Waals surface area contributed by atoms with Gasteiger partial charge in [0, 0.05) is 31.4 Å². The largest absolute Gasteiger partial charge is 0.388 e. The standard InChI is InChI=1S/C14H21N5/c1-10(8-14(15)16)18(2)9-12-11-6-4-5-7-13(11)19(3)17-12/h4-7,10H,8-9H2,1-3H3,(H3,15,16). The molecule has 5 heteroatoms. The SMILES string of the molecule is CC(CC(=N)N)N(C)Cc1nn(C)c2ccccc12. The molecule has 0 saturated heterocycles. The highest BCUT2D eigenvalue weighted by atomic mass is 15.3. The highest BCUT2D eigenvalue weighted by molar-refractivity contribution is 5.81. The molecule has 0 aliphatic carbocycles. The lowest BCUT2D eigenvalue weighted by Crippen LogP contribution is -2.32. The van der Waals surface area contributed by atoms with Gasteiger partial charge in [-0.2, -0.15) is 5.10 Å². The Hall–Kier alpha value is -1.88. The predicted octanol–water partition coefficient (Wildman–Crippen LogP) is 1.72. The fraction of sp³-hybridized carbons (Fsp3) is 0.429. The van der Waals surface area contributed by atoms with Gasteiger partial charge in [-0.3, -0.25) is 15.0 Å². The molecule has 1 unspecified atom stereocenters. The summed E-state index contributed by atoms with van der Waals surface area (Å²) < 4.78 is 1.91. The van der Waals surface area contributed by atoms with Crippen molar-refractivity contribution in [1.82, 2.24) is 14.7 Å². The lowest BCUT2D eigenvalue weighted by molar-refractivity contribution is 0.251. The number of nitrogens with two attached hydrogens (primary N) is 1. The summed E-state index contributed by atoms with van der Waals surface area (Å²) >= 11 is 0. The number of para-hydroxylation sites is 1. The molecule has 5 nitrogen and oxygen atoms in total. The normalized spacial score (nSPS) is 13.1. The number of hydrogen-bond donors (Lipinski definition) is 2. The minimum atomic E-state index is 0.227. The summed E-state index contributed by atoms with van der Waals surface area (Å²) in [5.74, 6) is 0.227. The summed E-state index contributed by atoms with van der Waals surface area (Å²) in [5.41, 5.74) is 7.67. The van der Waals surface area contributed by atoms with Crippen molar-refractivity contribution in [1.29, 1.82) is 5.41 Å². The monoisotopic (exact) mass is 259 g/mol. The Kier molecular flexibility index (Phi) is 3.85. The molecule has 2 rings (SSSR count). The summed E-state index contributed by atoms with van der Waals surface area (Å²) in [5, 5.41) is 13.1. The van der Waals surface area contributed by atoms with Crippen molar-refractivity contribution in [2.75, 3.05) is 7.05 Å². The minimum absolute atomic E-state index is 0.227. The van der Waals surface area contributed by atoms with Crippen LogP contribution in [-0.4, -0.2) is 33.6 Å². The highest BCUT2D eigenvalue weighted by Gasteiger charge is 2.14. The van der Waals surface area contributed by atoms with Crippen LogP contribution in [0.1, 0.15) is 19.0 Å². The molecule has 3 N–H and O–H groups in total. The number of hydrogen-bond acceptors (Lipinski definition) is 3. The van der Waals surface area contributed by atoms with Gasteiger partial charge in [0.1, 0.15) is 0 Å². The van der Waals surface area contributed by atoms with Crippen molar-refractivity contribution in [2.45, 2.75) is 25.9 Å². The van der Waals surface area contributed by atoms with Crippen LogP contribution >= 0.6 is 0 Å². The summed E-state index contributed by atoms with van der Waals surface area (Å²) in [7, 11) is 4.00. The van der Waals surface area contributed by atoms with Gasteiger partial charge in [0.25, 0.3) is 0 Å². The van der Waals surface area contributed by atoms with Gasteiger partial charge < -0.3 is 5.73 Å². The first kappa shape index (κ1) is 13.5. The predicted molar refractivity (Wildman–Crippen MR) is 78.2 cm³/mol. The molecule has 1 aromatic heterocycles. The lowest BCUT2D eigenvalue weighted by atomic mass is 10.1.